The topological polar surface area (TPSA) is 86.9 Å². The van der Waals surface area contributed by atoms with Gasteiger partial charge in [0.15, 0.2) is 5.78 Å². The third-order valence-corrected chi connectivity index (χ3v) is 5.37. The Morgan fingerprint density at radius 2 is 2.03 bits per heavy atom. The Morgan fingerprint density at radius 3 is 2.83 bits per heavy atom. The summed E-state index contributed by atoms with van der Waals surface area (Å²) in [4.78, 5) is 32.3. The number of aryl methyl sites for hydroxylation is 1. The fraction of sp³-hybridized carbons (Fsp3) is 0.227. The van der Waals surface area contributed by atoms with Gasteiger partial charge in [-0.3, -0.25) is 9.59 Å². The van der Waals surface area contributed by atoms with E-state index in [1.165, 1.54) is 11.8 Å². The molecule has 0 atom stereocenters. The van der Waals surface area contributed by atoms with Gasteiger partial charge in [-0.1, -0.05) is 18.2 Å². The smallest absolute Gasteiger partial charge is 0.235 e. The Labute approximate surface area is 173 Å². The maximum atomic E-state index is 12.7. The van der Waals surface area contributed by atoms with Crippen molar-refractivity contribution >= 4 is 40.6 Å². The van der Waals surface area contributed by atoms with Gasteiger partial charge < -0.3 is 15.6 Å². The van der Waals surface area contributed by atoms with Crippen LogP contribution < -0.4 is 10.6 Å². The van der Waals surface area contributed by atoms with E-state index in [9.17, 15) is 9.59 Å². The molecule has 0 spiro atoms. The predicted molar refractivity (Wildman–Crippen MR) is 118 cm³/mol. The highest BCUT2D eigenvalue weighted by molar-refractivity contribution is 7.99. The number of ketones is 1. The highest BCUT2D eigenvalue weighted by Gasteiger charge is 2.27. The molecule has 0 fully saturated rings. The van der Waals surface area contributed by atoms with E-state index in [1.54, 1.807) is 6.20 Å². The number of pyridine rings is 1. The van der Waals surface area contributed by atoms with Gasteiger partial charge in [0.1, 0.15) is 5.82 Å². The first-order chi connectivity index (χ1) is 14.2. The van der Waals surface area contributed by atoms with Crippen LogP contribution in [0.25, 0.3) is 11.3 Å². The zero-order chi connectivity index (χ0) is 20.2. The molecule has 0 saturated carbocycles. The van der Waals surface area contributed by atoms with Crippen LogP contribution in [0.3, 0.4) is 0 Å². The Bertz CT molecular complexity index is 1050. The molecule has 0 bridgehead atoms. The van der Waals surface area contributed by atoms with E-state index in [4.69, 9.17) is 0 Å². The van der Waals surface area contributed by atoms with Crippen LogP contribution in [-0.2, 0) is 11.2 Å². The molecule has 148 valence electrons. The summed E-state index contributed by atoms with van der Waals surface area (Å²) in [5.74, 6) is 0.921. The number of hydrogen-bond donors (Lipinski definition) is 3. The molecule has 3 N–H and O–H groups in total. The first-order valence-corrected chi connectivity index (χ1v) is 10.9. The summed E-state index contributed by atoms with van der Waals surface area (Å²) >= 11 is 1.46. The lowest BCUT2D eigenvalue weighted by Crippen LogP contribution is -2.14. The SMILES string of the molecule is CSCC(=O)Nc1cc(-c2[nH]c3c(c2Nc2ccccc2)C(=O)CCC3)ccn1. The van der Waals surface area contributed by atoms with Crippen LogP contribution >= 0.6 is 11.8 Å². The quantitative estimate of drug-likeness (QED) is 0.555. The van der Waals surface area contributed by atoms with Gasteiger partial charge in [-0.15, -0.1) is 0 Å². The summed E-state index contributed by atoms with van der Waals surface area (Å²) in [6.07, 6.45) is 5.79. The molecule has 6 nitrogen and oxygen atoms in total. The van der Waals surface area contributed by atoms with E-state index in [2.05, 4.69) is 20.6 Å². The third-order valence-electron chi connectivity index (χ3n) is 4.82. The standard InChI is InChI=1S/C22H22N4O2S/c1-29-13-19(28)26-18-12-14(10-11-23-18)21-22(24-15-6-3-2-4-7-15)20-16(25-21)8-5-9-17(20)27/h2-4,6-7,10-12,24-25H,5,8-9,13H2,1H3,(H,23,26,28). The first-order valence-electron chi connectivity index (χ1n) is 9.51. The maximum absolute atomic E-state index is 12.7. The molecule has 1 aromatic carbocycles. The number of amides is 1. The molecule has 2 aromatic heterocycles. The minimum Gasteiger partial charge on any atom is -0.356 e. The van der Waals surface area contributed by atoms with Crippen LogP contribution in [0.5, 0.6) is 0 Å². The number of aromatic amines is 1. The molecule has 1 aliphatic rings. The van der Waals surface area contributed by atoms with Crippen molar-refractivity contribution in [2.75, 3.05) is 22.6 Å². The highest BCUT2D eigenvalue weighted by Crippen LogP contribution is 2.39. The monoisotopic (exact) mass is 406 g/mol. The summed E-state index contributed by atoms with van der Waals surface area (Å²) in [6, 6.07) is 13.5. The Morgan fingerprint density at radius 1 is 1.21 bits per heavy atom. The van der Waals surface area contributed by atoms with Crippen molar-refractivity contribution < 1.29 is 9.59 Å². The van der Waals surface area contributed by atoms with Crippen LogP contribution in [-0.4, -0.2) is 33.7 Å². The van der Waals surface area contributed by atoms with Crippen LogP contribution in [0.15, 0.2) is 48.7 Å². The van der Waals surface area contributed by atoms with E-state index in [1.807, 2.05) is 48.7 Å². The van der Waals surface area contributed by atoms with Gasteiger partial charge in [0.25, 0.3) is 0 Å². The van der Waals surface area contributed by atoms with Gasteiger partial charge >= 0.3 is 0 Å². The lowest BCUT2D eigenvalue weighted by molar-refractivity contribution is -0.113. The van der Waals surface area contributed by atoms with E-state index in [-0.39, 0.29) is 11.7 Å². The molecule has 3 aromatic rings. The molecule has 2 heterocycles. The normalized spacial score (nSPS) is 13.1. The number of H-pyrrole nitrogens is 1. The molecule has 4 rings (SSSR count). The van der Waals surface area contributed by atoms with Crippen LogP contribution in [0.1, 0.15) is 28.9 Å². The largest absolute Gasteiger partial charge is 0.356 e. The van der Waals surface area contributed by atoms with Crippen molar-refractivity contribution in [2.45, 2.75) is 19.3 Å². The average molecular weight is 407 g/mol. The van der Waals surface area contributed by atoms with Crippen molar-refractivity contribution in [3.05, 3.63) is 59.9 Å². The van der Waals surface area contributed by atoms with Crippen molar-refractivity contribution in [3.63, 3.8) is 0 Å². The van der Waals surface area contributed by atoms with Crippen molar-refractivity contribution in [3.8, 4) is 11.3 Å². The summed E-state index contributed by atoms with van der Waals surface area (Å²) in [5.41, 5.74) is 5.08. The zero-order valence-corrected chi connectivity index (χ0v) is 16.9. The first kappa shape index (κ1) is 19.3. The number of nitrogens with one attached hydrogen (secondary N) is 3. The number of fused-ring (bicyclic) bond motifs is 1. The molecule has 1 amide bonds. The lowest BCUT2D eigenvalue weighted by Gasteiger charge is -2.14. The van der Waals surface area contributed by atoms with Crippen molar-refractivity contribution in [1.29, 1.82) is 0 Å². The number of hydrogen-bond acceptors (Lipinski definition) is 5. The number of Topliss-reactive ketones (excluding diaryl/α,β-unsaturated/α-hetero) is 1. The van der Waals surface area contributed by atoms with Crippen LogP contribution in [0.4, 0.5) is 17.2 Å². The maximum Gasteiger partial charge on any atom is 0.235 e. The second-order valence-electron chi connectivity index (χ2n) is 6.91. The summed E-state index contributed by atoms with van der Waals surface area (Å²) < 4.78 is 0. The van der Waals surface area contributed by atoms with Gasteiger partial charge in [-0.05, 0) is 43.4 Å². The number of aromatic nitrogens is 2. The minimum absolute atomic E-state index is 0.0919. The van der Waals surface area contributed by atoms with Gasteiger partial charge in [0.05, 0.1) is 22.7 Å². The van der Waals surface area contributed by atoms with E-state index >= 15 is 0 Å². The van der Waals surface area contributed by atoms with Gasteiger partial charge in [0, 0.05) is 29.6 Å². The van der Waals surface area contributed by atoms with Crippen LogP contribution in [0, 0.1) is 0 Å². The number of para-hydroxylation sites is 1. The van der Waals surface area contributed by atoms with Crippen LogP contribution in [0.2, 0.25) is 0 Å². The molecule has 1 aliphatic carbocycles. The number of rotatable bonds is 6. The minimum atomic E-state index is -0.0919. The fourth-order valence-corrected chi connectivity index (χ4v) is 3.90. The summed E-state index contributed by atoms with van der Waals surface area (Å²) in [5, 5.41) is 6.25. The van der Waals surface area contributed by atoms with Crippen molar-refractivity contribution in [1.82, 2.24) is 9.97 Å². The molecular formula is C22H22N4O2S. The molecule has 0 saturated heterocycles. The second kappa shape index (κ2) is 8.53. The van der Waals surface area contributed by atoms with Gasteiger partial charge in [-0.25, -0.2) is 4.98 Å². The Balaban J connectivity index is 1.75. The predicted octanol–water partition coefficient (Wildman–Crippen LogP) is 4.64. The van der Waals surface area contributed by atoms with E-state index in [0.717, 1.165) is 46.7 Å². The van der Waals surface area contributed by atoms with E-state index in [0.29, 0.717) is 18.0 Å². The molecule has 0 unspecified atom stereocenters. The average Bonchev–Trinajstić information content (AvgIpc) is 3.09. The van der Waals surface area contributed by atoms with Gasteiger partial charge in [-0.2, -0.15) is 11.8 Å². The summed E-state index contributed by atoms with van der Waals surface area (Å²) in [6.45, 7) is 0. The highest BCUT2D eigenvalue weighted by atomic mass is 32.2. The summed E-state index contributed by atoms with van der Waals surface area (Å²) in [7, 11) is 0. The van der Waals surface area contributed by atoms with Crippen molar-refractivity contribution in [2.24, 2.45) is 0 Å². The number of carbonyl (C=O) groups excluding carboxylic acids is 2. The number of carbonyl (C=O) groups is 2. The molecule has 0 aliphatic heterocycles. The molecular weight excluding hydrogens is 384 g/mol. The number of benzene rings is 1. The number of nitrogens with zero attached hydrogens (tertiary/aromatic N) is 1. The second-order valence-corrected chi connectivity index (χ2v) is 7.77. The number of thioether (sulfide) groups is 1. The molecule has 7 heteroatoms. The number of anilines is 3. The molecule has 29 heavy (non-hydrogen) atoms. The zero-order valence-electron chi connectivity index (χ0n) is 16.1. The fourth-order valence-electron chi connectivity index (χ4n) is 3.57. The van der Waals surface area contributed by atoms with E-state index < -0.39 is 0 Å². The lowest BCUT2D eigenvalue weighted by atomic mass is 9.95. The van der Waals surface area contributed by atoms with Gasteiger partial charge in [0.2, 0.25) is 5.91 Å². The third kappa shape index (κ3) is 4.19. The Kier molecular flexibility index (Phi) is 5.67. The molecule has 0 radical (unpaired) electrons. The Hall–Kier alpha value is -3.06.